The zero-order chi connectivity index (χ0) is 37.2. The van der Waals surface area contributed by atoms with Crippen molar-refractivity contribution in [2.75, 3.05) is 13.2 Å². The first-order valence-corrected chi connectivity index (χ1v) is 21.6. The predicted octanol–water partition coefficient (Wildman–Crippen LogP) is 14.1. The SMILES string of the molecule is C=CCCC1CCC(C2CCC(c3cc(F)c(CCOCCc4c(F)cc(C5CCC(C6CCC(CCC=C)CC6)CC5)cc4F)c(F)c3)CC2)CC1. The molecule has 0 aromatic heterocycles. The smallest absolute Gasteiger partial charge is 0.129 e. The van der Waals surface area contributed by atoms with Gasteiger partial charge in [0.1, 0.15) is 23.3 Å². The van der Waals surface area contributed by atoms with Gasteiger partial charge in [0.25, 0.3) is 0 Å². The monoisotopic (exact) mass is 735 g/mol. The summed E-state index contributed by atoms with van der Waals surface area (Å²) in [6.45, 7) is 7.92. The second-order valence-corrected chi connectivity index (χ2v) is 17.6. The van der Waals surface area contributed by atoms with Crippen LogP contribution in [0.15, 0.2) is 49.6 Å². The van der Waals surface area contributed by atoms with E-state index in [1.165, 1.54) is 88.5 Å². The van der Waals surface area contributed by atoms with Gasteiger partial charge in [-0.3, -0.25) is 0 Å². The highest BCUT2D eigenvalue weighted by atomic mass is 19.1. The number of rotatable bonds is 16. The minimum absolute atomic E-state index is 0.0308. The van der Waals surface area contributed by atoms with Gasteiger partial charge in [0.05, 0.1) is 13.2 Å². The largest absolute Gasteiger partial charge is 0.381 e. The van der Waals surface area contributed by atoms with Gasteiger partial charge in [0.15, 0.2) is 0 Å². The van der Waals surface area contributed by atoms with Crippen molar-refractivity contribution in [3.8, 4) is 0 Å². The maximum atomic E-state index is 15.2. The van der Waals surface area contributed by atoms with Crippen LogP contribution in [0.3, 0.4) is 0 Å². The molecule has 0 amide bonds. The van der Waals surface area contributed by atoms with Crippen molar-refractivity contribution in [3.05, 3.63) is 95.1 Å². The highest BCUT2D eigenvalue weighted by Crippen LogP contribution is 2.46. The number of ether oxygens (including phenoxy) is 1. The molecule has 0 atom stereocenters. The van der Waals surface area contributed by atoms with Gasteiger partial charge in [-0.2, -0.15) is 0 Å². The van der Waals surface area contributed by atoms with E-state index in [2.05, 4.69) is 13.2 Å². The Morgan fingerprint density at radius 3 is 1.08 bits per heavy atom. The first-order chi connectivity index (χ1) is 25.8. The van der Waals surface area contributed by atoms with Gasteiger partial charge in [0, 0.05) is 24.0 Å². The second-order valence-electron chi connectivity index (χ2n) is 17.6. The van der Waals surface area contributed by atoms with Crippen LogP contribution >= 0.6 is 0 Å². The molecular weight excluding hydrogens is 669 g/mol. The van der Waals surface area contributed by atoms with E-state index in [0.717, 1.165) is 111 Å². The first-order valence-electron chi connectivity index (χ1n) is 21.6. The zero-order valence-corrected chi connectivity index (χ0v) is 32.4. The van der Waals surface area contributed by atoms with E-state index in [1.807, 2.05) is 12.2 Å². The molecule has 0 saturated heterocycles. The van der Waals surface area contributed by atoms with Crippen molar-refractivity contribution in [2.45, 2.75) is 153 Å². The van der Waals surface area contributed by atoms with E-state index in [-0.39, 0.29) is 49.0 Å². The van der Waals surface area contributed by atoms with Crippen molar-refractivity contribution in [1.29, 1.82) is 0 Å². The minimum Gasteiger partial charge on any atom is -0.381 e. The van der Waals surface area contributed by atoms with Crippen LogP contribution in [0.25, 0.3) is 0 Å². The quantitative estimate of drug-likeness (QED) is 0.0948. The van der Waals surface area contributed by atoms with Gasteiger partial charge < -0.3 is 4.74 Å². The van der Waals surface area contributed by atoms with Crippen LogP contribution in [0.2, 0.25) is 0 Å². The Kier molecular flexibility index (Phi) is 15.2. The lowest BCUT2D eigenvalue weighted by atomic mass is 9.68. The van der Waals surface area contributed by atoms with Gasteiger partial charge in [-0.1, -0.05) is 37.8 Å². The molecule has 6 rings (SSSR count). The third kappa shape index (κ3) is 10.9. The highest BCUT2D eigenvalue weighted by molar-refractivity contribution is 5.30. The molecule has 53 heavy (non-hydrogen) atoms. The average Bonchev–Trinajstić information content (AvgIpc) is 3.18. The van der Waals surface area contributed by atoms with Crippen molar-refractivity contribution in [2.24, 2.45) is 35.5 Å². The number of hydrogen-bond donors (Lipinski definition) is 0. The fraction of sp³-hybridized carbons (Fsp3) is 0.667. The maximum Gasteiger partial charge on any atom is 0.129 e. The Morgan fingerprint density at radius 2 is 0.774 bits per heavy atom. The summed E-state index contributed by atoms with van der Waals surface area (Å²) in [5, 5.41) is 0. The Bertz CT molecular complexity index is 1300. The van der Waals surface area contributed by atoms with Crippen LogP contribution in [0.1, 0.15) is 163 Å². The Balaban J connectivity index is 0.901. The van der Waals surface area contributed by atoms with Gasteiger partial charge in [0.2, 0.25) is 0 Å². The summed E-state index contributed by atoms with van der Waals surface area (Å²) in [7, 11) is 0. The van der Waals surface area contributed by atoms with Crippen LogP contribution in [-0.4, -0.2) is 13.2 Å². The summed E-state index contributed by atoms with van der Waals surface area (Å²) in [5.74, 6) is 3.16. The molecular formula is C48H66F4O. The molecule has 0 spiro atoms. The third-order valence-corrected chi connectivity index (χ3v) is 14.5. The topological polar surface area (TPSA) is 9.23 Å². The molecule has 0 N–H and O–H groups in total. The van der Waals surface area contributed by atoms with Crippen molar-refractivity contribution in [1.82, 2.24) is 0 Å². The number of hydrogen-bond acceptors (Lipinski definition) is 1. The molecule has 4 saturated carbocycles. The molecule has 1 nitrogen and oxygen atoms in total. The third-order valence-electron chi connectivity index (χ3n) is 14.5. The number of benzene rings is 2. The Morgan fingerprint density at radius 1 is 0.472 bits per heavy atom. The van der Waals surface area contributed by atoms with E-state index in [4.69, 9.17) is 4.74 Å². The fourth-order valence-corrected chi connectivity index (χ4v) is 11.1. The molecule has 0 radical (unpaired) electrons. The molecule has 2 aromatic carbocycles. The fourth-order valence-electron chi connectivity index (χ4n) is 11.1. The molecule has 4 aliphatic carbocycles. The number of allylic oxidation sites excluding steroid dienone is 2. The van der Waals surface area contributed by atoms with Gasteiger partial charge in [-0.05, 0) is 185 Å². The van der Waals surface area contributed by atoms with Crippen molar-refractivity contribution < 1.29 is 22.3 Å². The summed E-state index contributed by atoms with van der Waals surface area (Å²) in [5.41, 5.74) is 1.61. The minimum atomic E-state index is -0.517. The molecule has 4 fully saturated rings. The van der Waals surface area contributed by atoms with Crippen molar-refractivity contribution >= 4 is 0 Å². The van der Waals surface area contributed by atoms with Crippen LogP contribution in [0.4, 0.5) is 17.6 Å². The Labute approximate surface area is 318 Å². The molecule has 5 heteroatoms. The second kappa shape index (κ2) is 20.0. The zero-order valence-electron chi connectivity index (χ0n) is 32.4. The lowest BCUT2D eigenvalue weighted by molar-refractivity contribution is 0.137. The lowest BCUT2D eigenvalue weighted by Gasteiger charge is -2.38. The summed E-state index contributed by atoms with van der Waals surface area (Å²) in [6.07, 6.45) is 28.2. The summed E-state index contributed by atoms with van der Waals surface area (Å²) >= 11 is 0. The average molecular weight is 735 g/mol. The Hall–Kier alpha value is -2.40. The molecule has 292 valence electrons. The van der Waals surface area contributed by atoms with Crippen LogP contribution in [-0.2, 0) is 17.6 Å². The first kappa shape index (κ1) is 40.3. The van der Waals surface area contributed by atoms with Gasteiger partial charge in [-0.25, -0.2) is 17.6 Å². The van der Waals surface area contributed by atoms with Crippen LogP contribution < -0.4 is 0 Å². The summed E-state index contributed by atoms with van der Waals surface area (Å²) in [4.78, 5) is 0. The number of halogens is 4. The van der Waals surface area contributed by atoms with E-state index in [0.29, 0.717) is 0 Å². The predicted molar refractivity (Wildman–Crippen MR) is 210 cm³/mol. The van der Waals surface area contributed by atoms with Crippen LogP contribution in [0, 0.1) is 58.8 Å². The summed E-state index contributed by atoms with van der Waals surface area (Å²) in [6, 6.07) is 6.13. The lowest BCUT2D eigenvalue weighted by Crippen LogP contribution is -2.25. The highest BCUT2D eigenvalue weighted by Gasteiger charge is 2.33. The van der Waals surface area contributed by atoms with Crippen LogP contribution in [0.5, 0.6) is 0 Å². The maximum absolute atomic E-state index is 15.2. The molecule has 0 aliphatic heterocycles. The molecule has 0 unspecified atom stereocenters. The molecule has 0 heterocycles. The standard InChI is InChI=1S/C48H66F4O/c1-3-5-7-33-9-13-35(14-10-33)37-17-21-39(22-18-37)41-29-45(49)43(46(50)30-41)25-27-53-28-26-44-47(51)31-42(32-48(44)52)40-23-19-38(20-24-40)36-15-11-34(12-16-36)8-6-4-2/h3-4,29-40H,1-2,5-28H2. The summed E-state index contributed by atoms with van der Waals surface area (Å²) < 4.78 is 66.4. The van der Waals surface area contributed by atoms with Gasteiger partial charge in [-0.15, -0.1) is 13.2 Å². The van der Waals surface area contributed by atoms with E-state index in [1.54, 1.807) is 0 Å². The molecule has 0 bridgehead atoms. The van der Waals surface area contributed by atoms with Crippen molar-refractivity contribution in [3.63, 3.8) is 0 Å². The van der Waals surface area contributed by atoms with E-state index in [9.17, 15) is 0 Å². The molecule has 2 aromatic rings. The van der Waals surface area contributed by atoms with E-state index < -0.39 is 23.3 Å². The van der Waals surface area contributed by atoms with E-state index >= 15 is 17.6 Å². The van der Waals surface area contributed by atoms with Gasteiger partial charge >= 0.3 is 0 Å². The normalized spacial score (nSPS) is 29.5. The molecule has 4 aliphatic rings.